The van der Waals surface area contributed by atoms with Gasteiger partial charge in [-0.2, -0.15) is 0 Å². The Hall–Kier alpha value is -0.830. The quantitative estimate of drug-likeness (QED) is 0.429. The van der Waals surface area contributed by atoms with Gasteiger partial charge in [0.25, 0.3) is 0 Å². The number of aliphatic carboxylic acids is 1. The Labute approximate surface area is 73.5 Å². The largest absolute Gasteiger partial charge is 0.481 e. The molecule has 3 nitrogen and oxygen atoms in total. The van der Waals surface area contributed by atoms with E-state index in [-0.39, 0.29) is 0 Å². The van der Waals surface area contributed by atoms with Gasteiger partial charge in [0.05, 0.1) is 0 Å². The number of hydrogen-bond acceptors (Lipinski definition) is 2. The first-order valence-electron chi connectivity index (χ1n) is 4.30. The van der Waals surface area contributed by atoms with Crippen molar-refractivity contribution in [3.63, 3.8) is 0 Å². The molecule has 0 saturated carbocycles. The molecule has 3 heteroatoms. The number of carbonyl (C=O) groups is 1. The number of carboxylic acids is 1. The predicted molar refractivity (Wildman–Crippen MR) is 49.2 cm³/mol. The molecule has 0 aliphatic carbocycles. The molecule has 70 valence electrons. The zero-order chi connectivity index (χ0) is 9.23. The van der Waals surface area contributed by atoms with Crippen LogP contribution in [0.2, 0.25) is 0 Å². The van der Waals surface area contributed by atoms with Crippen LogP contribution in [-0.4, -0.2) is 24.2 Å². The summed E-state index contributed by atoms with van der Waals surface area (Å²) in [6.07, 6.45) is 4.92. The van der Waals surface area contributed by atoms with E-state index in [2.05, 4.69) is 11.9 Å². The molecule has 0 rings (SSSR count). The zero-order valence-electron chi connectivity index (χ0n) is 7.38. The molecular formula is C9H17NO2. The second kappa shape index (κ2) is 8.27. The van der Waals surface area contributed by atoms with Gasteiger partial charge in [0, 0.05) is 13.0 Å². The molecular weight excluding hydrogens is 154 g/mol. The molecule has 0 aromatic rings. The van der Waals surface area contributed by atoms with Gasteiger partial charge < -0.3 is 10.4 Å². The normalized spacial score (nSPS) is 9.67. The van der Waals surface area contributed by atoms with Crippen molar-refractivity contribution in [1.29, 1.82) is 0 Å². The number of unbranched alkanes of at least 4 members (excludes halogenated alkanes) is 2. The van der Waals surface area contributed by atoms with Gasteiger partial charge in [0.15, 0.2) is 0 Å². The molecule has 0 spiro atoms. The molecule has 2 N–H and O–H groups in total. The van der Waals surface area contributed by atoms with Crippen LogP contribution in [0, 0.1) is 0 Å². The second-order valence-electron chi connectivity index (χ2n) is 2.70. The predicted octanol–water partition coefficient (Wildman–Crippen LogP) is 1.41. The highest BCUT2D eigenvalue weighted by molar-refractivity contribution is 5.66. The lowest BCUT2D eigenvalue weighted by Gasteiger charge is -1.99. The van der Waals surface area contributed by atoms with Gasteiger partial charge in [-0.1, -0.05) is 12.5 Å². The third-order valence-electron chi connectivity index (χ3n) is 1.53. The molecule has 0 aliphatic rings. The fraction of sp³-hybridized carbons (Fsp3) is 0.667. The molecule has 0 saturated heterocycles. The molecule has 0 fully saturated rings. The van der Waals surface area contributed by atoms with Crippen molar-refractivity contribution in [3.8, 4) is 0 Å². The highest BCUT2D eigenvalue weighted by Crippen LogP contribution is 1.98. The Morgan fingerprint density at radius 2 is 2.17 bits per heavy atom. The molecule has 12 heavy (non-hydrogen) atoms. The van der Waals surface area contributed by atoms with Gasteiger partial charge in [-0.15, -0.1) is 6.58 Å². The molecule has 0 aromatic heterocycles. The SMILES string of the molecule is C=CCNCCCCCC(=O)O. The average Bonchev–Trinajstić information content (AvgIpc) is 2.02. The van der Waals surface area contributed by atoms with Gasteiger partial charge in [-0.25, -0.2) is 0 Å². The van der Waals surface area contributed by atoms with E-state index in [1.165, 1.54) is 0 Å². The van der Waals surface area contributed by atoms with Crippen molar-refractivity contribution in [2.45, 2.75) is 25.7 Å². The van der Waals surface area contributed by atoms with E-state index in [9.17, 15) is 4.79 Å². The number of nitrogens with one attached hydrogen (secondary N) is 1. The number of hydrogen-bond donors (Lipinski definition) is 2. The van der Waals surface area contributed by atoms with Crippen molar-refractivity contribution in [2.75, 3.05) is 13.1 Å². The lowest BCUT2D eigenvalue weighted by molar-refractivity contribution is -0.137. The van der Waals surface area contributed by atoms with Crippen LogP contribution in [0.25, 0.3) is 0 Å². The van der Waals surface area contributed by atoms with E-state index in [0.29, 0.717) is 6.42 Å². The maximum atomic E-state index is 10.1. The topological polar surface area (TPSA) is 49.3 Å². The van der Waals surface area contributed by atoms with Crippen LogP contribution >= 0.6 is 0 Å². The average molecular weight is 171 g/mol. The van der Waals surface area contributed by atoms with Crippen molar-refractivity contribution in [1.82, 2.24) is 5.32 Å². The smallest absolute Gasteiger partial charge is 0.303 e. The minimum absolute atomic E-state index is 0.293. The summed E-state index contributed by atoms with van der Waals surface area (Å²) in [6, 6.07) is 0. The first-order valence-corrected chi connectivity index (χ1v) is 4.30. The monoisotopic (exact) mass is 171 g/mol. The van der Waals surface area contributed by atoms with E-state index in [1.807, 2.05) is 6.08 Å². The third kappa shape index (κ3) is 9.17. The Bertz CT molecular complexity index is 134. The summed E-state index contributed by atoms with van der Waals surface area (Å²) in [6.45, 7) is 5.36. The summed E-state index contributed by atoms with van der Waals surface area (Å²) in [5, 5.41) is 11.5. The molecule has 0 unspecified atom stereocenters. The molecule has 0 aliphatic heterocycles. The molecule has 0 radical (unpaired) electrons. The van der Waals surface area contributed by atoms with Gasteiger partial charge in [0.2, 0.25) is 0 Å². The van der Waals surface area contributed by atoms with E-state index in [0.717, 1.165) is 32.4 Å². The molecule has 0 amide bonds. The zero-order valence-corrected chi connectivity index (χ0v) is 7.38. The lowest BCUT2D eigenvalue weighted by atomic mass is 10.2. The second-order valence-corrected chi connectivity index (χ2v) is 2.70. The minimum atomic E-state index is -0.700. The Morgan fingerprint density at radius 1 is 1.42 bits per heavy atom. The Kier molecular flexibility index (Phi) is 7.70. The molecule has 0 bridgehead atoms. The van der Waals surface area contributed by atoms with Crippen molar-refractivity contribution >= 4 is 5.97 Å². The van der Waals surface area contributed by atoms with Gasteiger partial charge >= 0.3 is 5.97 Å². The van der Waals surface area contributed by atoms with Gasteiger partial charge in [0.1, 0.15) is 0 Å². The van der Waals surface area contributed by atoms with E-state index in [1.54, 1.807) is 0 Å². The highest BCUT2D eigenvalue weighted by atomic mass is 16.4. The van der Waals surface area contributed by atoms with Crippen LogP contribution in [-0.2, 0) is 4.79 Å². The van der Waals surface area contributed by atoms with Crippen molar-refractivity contribution < 1.29 is 9.90 Å². The molecule has 0 atom stereocenters. The summed E-state index contributed by atoms with van der Waals surface area (Å²) >= 11 is 0. The van der Waals surface area contributed by atoms with E-state index in [4.69, 9.17) is 5.11 Å². The minimum Gasteiger partial charge on any atom is -0.481 e. The van der Waals surface area contributed by atoms with Crippen LogP contribution in [0.15, 0.2) is 12.7 Å². The fourth-order valence-corrected chi connectivity index (χ4v) is 0.907. The first-order chi connectivity index (χ1) is 5.77. The molecule has 0 aromatic carbocycles. The van der Waals surface area contributed by atoms with Crippen LogP contribution in [0.1, 0.15) is 25.7 Å². The van der Waals surface area contributed by atoms with Crippen LogP contribution < -0.4 is 5.32 Å². The Balaban J connectivity index is 2.90. The number of carboxylic acid groups (broad SMARTS) is 1. The first kappa shape index (κ1) is 11.2. The summed E-state index contributed by atoms with van der Waals surface area (Å²) in [7, 11) is 0. The van der Waals surface area contributed by atoms with Crippen LogP contribution in [0.5, 0.6) is 0 Å². The van der Waals surface area contributed by atoms with Crippen LogP contribution in [0.3, 0.4) is 0 Å². The summed E-state index contributed by atoms with van der Waals surface area (Å²) in [4.78, 5) is 10.1. The standard InChI is InChI=1S/C9H17NO2/c1-2-7-10-8-5-3-4-6-9(11)12/h2,10H,1,3-8H2,(H,11,12). The maximum absolute atomic E-state index is 10.1. The molecule has 0 heterocycles. The maximum Gasteiger partial charge on any atom is 0.303 e. The van der Waals surface area contributed by atoms with Crippen LogP contribution in [0.4, 0.5) is 0 Å². The fourth-order valence-electron chi connectivity index (χ4n) is 0.907. The lowest BCUT2D eigenvalue weighted by Crippen LogP contribution is -2.14. The van der Waals surface area contributed by atoms with Crippen molar-refractivity contribution in [3.05, 3.63) is 12.7 Å². The Morgan fingerprint density at radius 3 is 2.75 bits per heavy atom. The third-order valence-corrected chi connectivity index (χ3v) is 1.53. The number of rotatable bonds is 8. The summed E-state index contributed by atoms with van der Waals surface area (Å²) in [5.74, 6) is -0.700. The van der Waals surface area contributed by atoms with E-state index >= 15 is 0 Å². The summed E-state index contributed by atoms with van der Waals surface area (Å²) < 4.78 is 0. The van der Waals surface area contributed by atoms with Crippen molar-refractivity contribution in [2.24, 2.45) is 0 Å². The highest BCUT2D eigenvalue weighted by Gasteiger charge is 1.95. The van der Waals surface area contributed by atoms with Gasteiger partial charge in [-0.3, -0.25) is 4.79 Å². The summed E-state index contributed by atoms with van der Waals surface area (Å²) in [5.41, 5.74) is 0. The van der Waals surface area contributed by atoms with E-state index < -0.39 is 5.97 Å². The van der Waals surface area contributed by atoms with Gasteiger partial charge in [-0.05, 0) is 19.4 Å².